The molecule has 0 saturated carbocycles. The lowest BCUT2D eigenvalue weighted by Gasteiger charge is -2.30. The number of unbranched alkanes of at least 4 members (excludes halogenated alkanes) is 1. The van der Waals surface area contributed by atoms with Crippen LogP contribution in [0, 0.1) is 5.82 Å². The molecule has 1 fully saturated rings. The maximum Gasteiger partial charge on any atom is 0.325 e. The van der Waals surface area contributed by atoms with Gasteiger partial charge >= 0.3 is 6.03 Å². The molecule has 4 amide bonds. The summed E-state index contributed by atoms with van der Waals surface area (Å²) in [4.78, 5) is 40.8. The SMILES string of the molecule is CCCCN(C(=O)CN1C(=O)N[C@@](C)(c2ccc(F)cc2)C1=O)[C@@H](C)CC. The van der Waals surface area contributed by atoms with E-state index < -0.39 is 23.3 Å². The minimum Gasteiger partial charge on any atom is -0.338 e. The Labute approximate surface area is 159 Å². The number of hydrogen-bond acceptors (Lipinski definition) is 3. The third kappa shape index (κ3) is 4.28. The molecule has 0 unspecified atom stereocenters. The molecule has 148 valence electrons. The number of amides is 4. The van der Waals surface area contributed by atoms with Crippen LogP contribution in [0.1, 0.15) is 52.5 Å². The van der Waals surface area contributed by atoms with Gasteiger partial charge in [0.25, 0.3) is 5.91 Å². The van der Waals surface area contributed by atoms with Gasteiger partial charge in [-0.15, -0.1) is 0 Å². The number of halogens is 1. The van der Waals surface area contributed by atoms with Crippen LogP contribution in [0.4, 0.5) is 9.18 Å². The van der Waals surface area contributed by atoms with Crippen molar-refractivity contribution in [2.24, 2.45) is 0 Å². The minimum atomic E-state index is -1.31. The van der Waals surface area contributed by atoms with E-state index >= 15 is 0 Å². The van der Waals surface area contributed by atoms with Crippen LogP contribution in [-0.4, -0.2) is 46.8 Å². The fourth-order valence-corrected chi connectivity index (χ4v) is 3.19. The first-order valence-corrected chi connectivity index (χ1v) is 9.44. The molecule has 1 aromatic rings. The molecule has 1 aromatic carbocycles. The molecule has 0 aromatic heterocycles. The molecule has 0 bridgehead atoms. The Kier molecular flexibility index (Phi) is 6.57. The number of nitrogens with zero attached hydrogens (tertiary/aromatic N) is 2. The number of benzene rings is 1. The highest BCUT2D eigenvalue weighted by atomic mass is 19.1. The average Bonchev–Trinajstić information content (AvgIpc) is 2.86. The van der Waals surface area contributed by atoms with Gasteiger partial charge in [0.1, 0.15) is 17.9 Å². The van der Waals surface area contributed by atoms with Crippen molar-refractivity contribution in [3.05, 3.63) is 35.6 Å². The van der Waals surface area contributed by atoms with E-state index in [1.807, 2.05) is 20.8 Å². The van der Waals surface area contributed by atoms with E-state index in [-0.39, 0.29) is 18.5 Å². The third-order valence-electron chi connectivity index (χ3n) is 5.19. The maximum absolute atomic E-state index is 13.2. The van der Waals surface area contributed by atoms with E-state index in [1.54, 1.807) is 11.8 Å². The van der Waals surface area contributed by atoms with Gasteiger partial charge in [-0.05, 0) is 44.4 Å². The molecular weight excluding hydrogens is 349 g/mol. The molecule has 1 aliphatic rings. The molecular formula is C20H28FN3O3. The topological polar surface area (TPSA) is 69.7 Å². The van der Waals surface area contributed by atoms with Crippen LogP contribution in [-0.2, 0) is 15.1 Å². The summed E-state index contributed by atoms with van der Waals surface area (Å²) in [5, 5.41) is 2.64. The molecule has 6 nitrogen and oxygen atoms in total. The van der Waals surface area contributed by atoms with Crippen LogP contribution >= 0.6 is 0 Å². The molecule has 1 saturated heterocycles. The van der Waals surface area contributed by atoms with Crippen molar-refractivity contribution in [1.29, 1.82) is 0 Å². The Morgan fingerprint density at radius 3 is 2.44 bits per heavy atom. The van der Waals surface area contributed by atoms with Gasteiger partial charge in [-0.25, -0.2) is 9.18 Å². The van der Waals surface area contributed by atoms with E-state index in [2.05, 4.69) is 5.32 Å². The number of imide groups is 1. The second-order valence-corrected chi connectivity index (χ2v) is 7.15. The normalized spacial score (nSPS) is 20.6. The fourth-order valence-electron chi connectivity index (χ4n) is 3.19. The molecule has 2 atom stereocenters. The third-order valence-corrected chi connectivity index (χ3v) is 5.19. The average molecular weight is 377 g/mol. The van der Waals surface area contributed by atoms with Crippen LogP contribution in [0.25, 0.3) is 0 Å². The molecule has 0 aliphatic carbocycles. The summed E-state index contributed by atoms with van der Waals surface area (Å²) in [5.74, 6) is -1.18. The largest absolute Gasteiger partial charge is 0.338 e. The zero-order chi connectivity index (χ0) is 20.2. The molecule has 1 aliphatic heterocycles. The predicted octanol–water partition coefficient (Wildman–Crippen LogP) is 3.02. The van der Waals surface area contributed by atoms with Crippen molar-refractivity contribution in [3.8, 4) is 0 Å². The summed E-state index contributed by atoms with van der Waals surface area (Å²) in [6.07, 6.45) is 2.61. The van der Waals surface area contributed by atoms with Crippen LogP contribution in [0.15, 0.2) is 24.3 Å². The van der Waals surface area contributed by atoms with E-state index in [0.717, 1.165) is 24.2 Å². The summed E-state index contributed by atoms with van der Waals surface area (Å²) in [5.41, 5.74) is -0.836. The van der Waals surface area contributed by atoms with Crippen molar-refractivity contribution >= 4 is 17.8 Å². The van der Waals surface area contributed by atoms with Crippen LogP contribution in [0.2, 0.25) is 0 Å². The van der Waals surface area contributed by atoms with Crippen molar-refractivity contribution in [3.63, 3.8) is 0 Å². The second-order valence-electron chi connectivity index (χ2n) is 7.15. The van der Waals surface area contributed by atoms with Crippen molar-refractivity contribution < 1.29 is 18.8 Å². The zero-order valence-corrected chi connectivity index (χ0v) is 16.4. The second kappa shape index (κ2) is 8.50. The van der Waals surface area contributed by atoms with Crippen LogP contribution < -0.4 is 5.32 Å². The predicted molar refractivity (Wildman–Crippen MR) is 100 cm³/mol. The van der Waals surface area contributed by atoms with E-state index in [9.17, 15) is 18.8 Å². The van der Waals surface area contributed by atoms with E-state index in [0.29, 0.717) is 12.1 Å². The van der Waals surface area contributed by atoms with Crippen LogP contribution in [0.3, 0.4) is 0 Å². The highest BCUT2D eigenvalue weighted by Crippen LogP contribution is 2.29. The molecule has 0 spiro atoms. The molecule has 0 radical (unpaired) electrons. The Balaban J connectivity index is 2.18. The molecule has 2 rings (SSSR count). The molecule has 1 N–H and O–H groups in total. The summed E-state index contributed by atoms with van der Waals surface area (Å²) in [7, 11) is 0. The lowest BCUT2D eigenvalue weighted by Crippen LogP contribution is -2.47. The number of rotatable bonds is 8. The first-order valence-electron chi connectivity index (χ1n) is 9.44. The number of hydrogen-bond donors (Lipinski definition) is 1. The quantitative estimate of drug-likeness (QED) is 0.708. The van der Waals surface area contributed by atoms with Crippen molar-refractivity contribution in [1.82, 2.24) is 15.1 Å². The zero-order valence-electron chi connectivity index (χ0n) is 16.4. The molecule has 1 heterocycles. The monoisotopic (exact) mass is 377 g/mol. The van der Waals surface area contributed by atoms with Gasteiger partial charge in [-0.2, -0.15) is 0 Å². The van der Waals surface area contributed by atoms with Crippen molar-refractivity contribution in [2.75, 3.05) is 13.1 Å². The summed E-state index contributed by atoms with van der Waals surface area (Å²) >= 11 is 0. The summed E-state index contributed by atoms with van der Waals surface area (Å²) in [6, 6.07) is 4.83. The van der Waals surface area contributed by atoms with Gasteiger partial charge in [-0.3, -0.25) is 14.5 Å². The Bertz CT molecular complexity index is 707. The maximum atomic E-state index is 13.2. The number of carbonyl (C=O) groups is 3. The van der Waals surface area contributed by atoms with Gasteiger partial charge in [0.2, 0.25) is 5.91 Å². The standard InChI is InChI=1S/C20H28FN3O3/c1-5-7-12-23(14(3)6-2)17(25)13-24-18(26)20(4,22-19(24)27)15-8-10-16(21)11-9-15/h8-11,14H,5-7,12-13H2,1-4H3,(H,22,27)/t14-,20-/m0/s1. The van der Waals surface area contributed by atoms with Gasteiger partial charge in [-0.1, -0.05) is 32.4 Å². The van der Waals surface area contributed by atoms with Gasteiger partial charge < -0.3 is 10.2 Å². The molecule has 7 heteroatoms. The summed E-state index contributed by atoms with van der Waals surface area (Å²) in [6.45, 7) is 7.87. The van der Waals surface area contributed by atoms with Gasteiger partial charge in [0.05, 0.1) is 0 Å². The first-order chi connectivity index (χ1) is 12.7. The lowest BCUT2D eigenvalue weighted by atomic mass is 9.92. The highest BCUT2D eigenvalue weighted by molar-refractivity contribution is 6.09. The Morgan fingerprint density at radius 2 is 1.89 bits per heavy atom. The van der Waals surface area contributed by atoms with Gasteiger partial charge in [0, 0.05) is 12.6 Å². The Morgan fingerprint density at radius 1 is 1.26 bits per heavy atom. The highest BCUT2D eigenvalue weighted by Gasteiger charge is 2.49. The first kappa shape index (κ1) is 20.9. The number of urea groups is 1. The Hall–Kier alpha value is -2.44. The minimum absolute atomic E-state index is 0.0355. The smallest absolute Gasteiger partial charge is 0.325 e. The van der Waals surface area contributed by atoms with Crippen LogP contribution in [0.5, 0.6) is 0 Å². The fraction of sp³-hybridized carbons (Fsp3) is 0.550. The number of carbonyl (C=O) groups excluding carboxylic acids is 3. The number of nitrogens with one attached hydrogen (secondary N) is 1. The molecule has 27 heavy (non-hydrogen) atoms. The van der Waals surface area contributed by atoms with E-state index in [1.165, 1.54) is 24.3 Å². The van der Waals surface area contributed by atoms with Gasteiger partial charge in [0.15, 0.2) is 0 Å². The summed E-state index contributed by atoms with van der Waals surface area (Å²) < 4.78 is 13.2. The lowest BCUT2D eigenvalue weighted by molar-refractivity contribution is -0.140. The van der Waals surface area contributed by atoms with Crippen molar-refractivity contribution in [2.45, 2.75) is 58.5 Å². The van der Waals surface area contributed by atoms with E-state index in [4.69, 9.17) is 0 Å².